The summed E-state index contributed by atoms with van der Waals surface area (Å²) in [5.41, 5.74) is 4.35. The third kappa shape index (κ3) is 5.49. The summed E-state index contributed by atoms with van der Waals surface area (Å²) in [7, 11) is 0. The molecule has 7 nitrogen and oxygen atoms in total. The van der Waals surface area contributed by atoms with Crippen molar-refractivity contribution in [3.8, 4) is 5.88 Å². The van der Waals surface area contributed by atoms with E-state index in [4.69, 9.17) is 28.9 Å². The zero-order chi connectivity index (χ0) is 21.0. The molecule has 0 fully saturated rings. The van der Waals surface area contributed by atoms with Crippen LogP contribution in [0.4, 0.5) is 23.2 Å². The van der Waals surface area contributed by atoms with Gasteiger partial charge in [0.2, 0.25) is 5.88 Å². The number of carbonyl (C=O) groups excluding carboxylic acids is 2. The summed E-state index contributed by atoms with van der Waals surface area (Å²) in [6.45, 7) is -2.04. The van der Waals surface area contributed by atoms with Gasteiger partial charge in [-0.1, -0.05) is 23.2 Å². The third-order valence-corrected chi connectivity index (χ3v) is 3.73. The molecule has 0 radical (unpaired) electrons. The van der Waals surface area contributed by atoms with Crippen LogP contribution in [0.5, 0.6) is 5.88 Å². The van der Waals surface area contributed by atoms with E-state index in [1.807, 2.05) is 0 Å². The molecule has 0 aliphatic rings. The number of ether oxygens (including phenoxy) is 1. The molecule has 2 aromatic rings. The molecule has 0 atom stereocenters. The van der Waals surface area contributed by atoms with E-state index in [0.29, 0.717) is 4.68 Å². The van der Waals surface area contributed by atoms with Crippen molar-refractivity contribution in [2.75, 3.05) is 11.9 Å². The molecule has 28 heavy (non-hydrogen) atoms. The Morgan fingerprint density at radius 2 is 1.86 bits per heavy atom. The van der Waals surface area contributed by atoms with Gasteiger partial charge >= 0.3 is 0 Å². The van der Waals surface area contributed by atoms with Gasteiger partial charge in [0.15, 0.2) is 6.61 Å². The SMILES string of the molecule is NC(=O)c1cc(Cl)cc(Cl)c1NC(=O)c1cc(OCC(F)F)nn1CC(F)F. The number of anilines is 1. The first-order valence-corrected chi connectivity index (χ1v) is 8.21. The first-order valence-electron chi connectivity index (χ1n) is 7.45. The van der Waals surface area contributed by atoms with E-state index in [1.54, 1.807) is 0 Å². The Hall–Kier alpha value is -2.53. The van der Waals surface area contributed by atoms with Gasteiger partial charge in [0.25, 0.3) is 24.7 Å². The van der Waals surface area contributed by atoms with E-state index in [2.05, 4.69) is 15.2 Å². The Balaban J connectivity index is 2.37. The average Bonchev–Trinajstić information content (AvgIpc) is 2.97. The fraction of sp³-hybridized carbons (Fsp3) is 0.267. The molecule has 3 N–H and O–H groups in total. The van der Waals surface area contributed by atoms with Crippen LogP contribution in [0, 0.1) is 0 Å². The summed E-state index contributed by atoms with van der Waals surface area (Å²) in [4.78, 5) is 24.1. The normalized spacial score (nSPS) is 11.1. The van der Waals surface area contributed by atoms with Crippen LogP contribution in [0.25, 0.3) is 0 Å². The van der Waals surface area contributed by atoms with Crippen molar-refractivity contribution in [3.05, 3.63) is 39.5 Å². The Labute approximate surface area is 165 Å². The van der Waals surface area contributed by atoms with Crippen LogP contribution in [0.3, 0.4) is 0 Å². The number of carbonyl (C=O) groups is 2. The lowest BCUT2D eigenvalue weighted by Crippen LogP contribution is -2.22. The second kappa shape index (κ2) is 9.11. The Morgan fingerprint density at radius 1 is 1.18 bits per heavy atom. The van der Waals surface area contributed by atoms with Gasteiger partial charge in [-0.3, -0.25) is 14.3 Å². The van der Waals surface area contributed by atoms with Crippen LogP contribution >= 0.6 is 23.2 Å². The van der Waals surface area contributed by atoms with Crippen molar-refractivity contribution in [2.24, 2.45) is 5.73 Å². The van der Waals surface area contributed by atoms with Crippen LogP contribution in [0.15, 0.2) is 18.2 Å². The van der Waals surface area contributed by atoms with Gasteiger partial charge in [-0.05, 0) is 12.1 Å². The largest absolute Gasteiger partial charge is 0.471 e. The van der Waals surface area contributed by atoms with Crippen LogP contribution in [-0.4, -0.2) is 41.1 Å². The van der Waals surface area contributed by atoms with Gasteiger partial charge in [-0.15, -0.1) is 5.10 Å². The van der Waals surface area contributed by atoms with E-state index in [9.17, 15) is 27.2 Å². The lowest BCUT2D eigenvalue weighted by Gasteiger charge is -2.12. The highest BCUT2D eigenvalue weighted by Gasteiger charge is 2.22. The standard InChI is InChI=1S/C15H12Cl2F4N4O3/c16-6-1-7(14(22)26)13(8(17)2-6)23-15(27)9-3-12(28-5-11(20)21)24-25(9)4-10(18)19/h1-3,10-11H,4-5H2,(H2,22,26)(H,23,27). The number of alkyl halides is 4. The fourth-order valence-corrected chi connectivity index (χ4v) is 2.68. The highest BCUT2D eigenvalue weighted by molar-refractivity contribution is 6.38. The molecule has 0 aliphatic heterocycles. The predicted molar refractivity (Wildman–Crippen MR) is 92.7 cm³/mol. The fourth-order valence-electron chi connectivity index (χ4n) is 2.14. The van der Waals surface area contributed by atoms with Gasteiger partial charge in [0, 0.05) is 11.1 Å². The average molecular weight is 443 g/mol. The van der Waals surface area contributed by atoms with Gasteiger partial charge in [-0.2, -0.15) is 0 Å². The summed E-state index contributed by atoms with van der Waals surface area (Å²) in [6.07, 6.45) is -5.72. The van der Waals surface area contributed by atoms with Crippen LogP contribution in [-0.2, 0) is 6.54 Å². The molecule has 0 spiro atoms. The predicted octanol–water partition coefficient (Wildman–Crippen LogP) is 3.45. The topological polar surface area (TPSA) is 99.2 Å². The highest BCUT2D eigenvalue weighted by atomic mass is 35.5. The minimum absolute atomic E-state index is 0.0715. The number of hydrogen-bond acceptors (Lipinski definition) is 4. The molecule has 0 saturated carbocycles. The second-order valence-electron chi connectivity index (χ2n) is 5.27. The zero-order valence-corrected chi connectivity index (χ0v) is 15.3. The minimum atomic E-state index is -2.89. The number of halogens is 6. The van der Waals surface area contributed by atoms with Gasteiger partial charge < -0.3 is 15.8 Å². The Morgan fingerprint density at radius 3 is 2.43 bits per heavy atom. The van der Waals surface area contributed by atoms with Crippen molar-refractivity contribution in [2.45, 2.75) is 19.4 Å². The smallest absolute Gasteiger partial charge is 0.274 e. The van der Waals surface area contributed by atoms with Crippen molar-refractivity contribution in [1.29, 1.82) is 0 Å². The van der Waals surface area contributed by atoms with Gasteiger partial charge in [0.05, 0.1) is 16.3 Å². The van der Waals surface area contributed by atoms with E-state index in [-0.39, 0.29) is 21.3 Å². The molecule has 0 unspecified atom stereocenters. The summed E-state index contributed by atoms with van der Waals surface area (Å²) in [5.74, 6) is -2.42. The molecule has 2 rings (SSSR count). The summed E-state index contributed by atoms with van der Waals surface area (Å²) >= 11 is 11.8. The van der Waals surface area contributed by atoms with Crippen molar-refractivity contribution in [1.82, 2.24) is 9.78 Å². The number of nitrogens with zero attached hydrogens (tertiary/aromatic N) is 2. The monoisotopic (exact) mass is 442 g/mol. The van der Waals surface area contributed by atoms with Gasteiger partial charge in [-0.25, -0.2) is 17.6 Å². The lowest BCUT2D eigenvalue weighted by atomic mass is 10.1. The quantitative estimate of drug-likeness (QED) is 0.611. The van der Waals surface area contributed by atoms with Crippen LogP contribution in [0.2, 0.25) is 10.0 Å². The lowest BCUT2D eigenvalue weighted by molar-refractivity contribution is 0.0781. The summed E-state index contributed by atoms with van der Waals surface area (Å²) in [5, 5.41) is 5.75. The minimum Gasteiger partial charge on any atom is -0.471 e. The summed E-state index contributed by atoms with van der Waals surface area (Å²) < 4.78 is 55.2. The molecule has 2 amide bonds. The molecular weight excluding hydrogens is 431 g/mol. The maximum absolute atomic E-state index is 12.7. The van der Waals surface area contributed by atoms with Crippen LogP contribution in [0.1, 0.15) is 20.8 Å². The molecular formula is C15H12Cl2F4N4O3. The molecule has 13 heteroatoms. The van der Waals surface area contributed by atoms with E-state index < -0.39 is 49.4 Å². The van der Waals surface area contributed by atoms with E-state index in [1.165, 1.54) is 6.07 Å². The van der Waals surface area contributed by atoms with Crippen molar-refractivity contribution >= 4 is 40.7 Å². The number of rotatable bonds is 8. The maximum atomic E-state index is 12.7. The molecule has 0 saturated heterocycles. The van der Waals surface area contributed by atoms with Crippen molar-refractivity contribution < 1.29 is 31.9 Å². The number of amides is 2. The van der Waals surface area contributed by atoms with E-state index >= 15 is 0 Å². The number of nitrogens with two attached hydrogens (primary N) is 1. The Kier molecular flexibility index (Phi) is 7.08. The zero-order valence-electron chi connectivity index (χ0n) is 13.8. The molecule has 1 aromatic heterocycles. The maximum Gasteiger partial charge on any atom is 0.274 e. The molecule has 0 bridgehead atoms. The highest BCUT2D eigenvalue weighted by Crippen LogP contribution is 2.30. The molecule has 1 aromatic carbocycles. The summed E-state index contributed by atoms with van der Waals surface area (Å²) in [6, 6.07) is 3.27. The number of primary amides is 1. The molecule has 152 valence electrons. The molecule has 0 aliphatic carbocycles. The number of nitrogens with one attached hydrogen (secondary N) is 1. The first-order chi connectivity index (χ1) is 13.1. The van der Waals surface area contributed by atoms with Gasteiger partial charge in [0.1, 0.15) is 12.2 Å². The van der Waals surface area contributed by atoms with Crippen LogP contribution < -0.4 is 15.8 Å². The number of aromatic nitrogens is 2. The Bertz CT molecular complexity index is 892. The molecule has 1 heterocycles. The second-order valence-corrected chi connectivity index (χ2v) is 6.12. The number of hydrogen-bond donors (Lipinski definition) is 2. The number of benzene rings is 1. The first kappa shape index (κ1) is 21.8. The third-order valence-electron chi connectivity index (χ3n) is 3.22. The van der Waals surface area contributed by atoms with E-state index in [0.717, 1.165) is 12.1 Å². The van der Waals surface area contributed by atoms with Crippen molar-refractivity contribution in [3.63, 3.8) is 0 Å².